The van der Waals surface area contributed by atoms with E-state index in [1.807, 2.05) is 36.4 Å². The summed E-state index contributed by atoms with van der Waals surface area (Å²) in [6.45, 7) is -0.0799. The zero-order chi connectivity index (χ0) is 25.7. The summed E-state index contributed by atoms with van der Waals surface area (Å²) in [4.78, 5) is 4.16. The Morgan fingerprint density at radius 2 is 1.72 bits per heavy atom. The lowest BCUT2D eigenvalue weighted by atomic mass is 9.75. The van der Waals surface area contributed by atoms with E-state index < -0.39 is 25.2 Å². The molecule has 2 aromatic carbocycles. The average Bonchev–Trinajstić information content (AvgIpc) is 3.34. The molecule has 0 saturated heterocycles. The molecule has 0 aliphatic heterocycles. The molecule has 0 radical (unpaired) electrons. The Morgan fingerprint density at radius 1 is 1.08 bits per heavy atom. The number of halogens is 2. The normalized spacial score (nSPS) is 19.8. The SMILES string of the molecule is CC(O)c1nccn1C(/C=C/c1ccc(-c2ccc(C3CC(NCC(F)(F)CO)C3)cc2)cc1)CO. The molecule has 4 N–H and O–H groups in total. The molecule has 36 heavy (non-hydrogen) atoms. The van der Waals surface area contributed by atoms with Gasteiger partial charge in [-0.25, -0.2) is 13.8 Å². The predicted octanol–water partition coefficient (Wildman–Crippen LogP) is 4.31. The van der Waals surface area contributed by atoms with Gasteiger partial charge in [-0.1, -0.05) is 60.7 Å². The van der Waals surface area contributed by atoms with E-state index in [0.717, 1.165) is 29.5 Å². The van der Waals surface area contributed by atoms with Crippen molar-refractivity contribution < 1.29 is 24.1 Å². The maximum atomic E-state index is 13.2. The third-order valence-electron chi connectivity index (χ3n) is 6.77. The first-order chi connectivity index (χ1) is 17.3. The summed E-state index contributed by atoms with van der Waals surface area (Å²) in [6.07, 6.45) is 8.10. The van der Waals surface area contributed by atoms with E-state index in [1.54, 1.807) is 23.9 Å². The number of nitrogens with one attached hydrogen (secondary N) is 1. The van der Waals surface area contributed by atoms with Crippen LogP contribution < -0.4 is 5.32 Å². The first kappa shape index (κ1) is 26.2. The number of aromatic nitrogens is 2. The highest BCUT2D eigenvalue weighted by Gasteiger charge is 2.34. The van der Waals surface area contributed by atoms with Crippen molar-refractivity contribution in [3.63, 3.8) is 0 Å². The van der Waals surface area contributed by atoms with E-state index >= 15 is 0 Å². The van der Waals surface area contributed by atoms with Crippen LogP contribution in [-0.4, -0.2) is 56.6 Å². The van der Waals surface area contributed by atoms with Crippen molar-refractivity contribution in [3.05, 3.63) is 84.0 Å². The maximum absolute atomic E-state index is 13.2. The van der Waals surface area contributed by atoms with Crippen LogP contribution >= 0.6 is 0 Å². The lowest BCUT2D eigenvalue weighted by molar-refractivity contribution is -0.0512. The van der Waals surface area contributed by atoms with Gasteiger partial charge in [0.25, 0.3) is 5.92 Å². The van der Waals surface area contributed by atoms with E-state index in [4.69, 9.17) is 5.11 Å². The summed E-state index contributed by atoms with van der Waals surface area (Å²) < 4.78 is 28.1. The number of nitrogens with zero attached hydrogens (tertiary/aromatic N) is 2. The quantitative estimate of drug-likeness (QED) is 0.317. The molecule has 1 aliphatic carbocycles. The average molecular weight is 498 g/mol. The predicted molar refractivity (Wildman–Crippen MR) is 136 cm³/mol. The number of aliphatic hydroxyl groups excluding tert-OH is 3. The highest BCUT2D eigenvalue weighted by Crippen LogP contribution is 2.38. The first-order valence-corrected chi connectivity index (χ1v) is 12.2. The fourth-order valence-corrected chi connectivity index (χ4v) is 4.53. The van der Waals surface area contributed by atoms with Crippen LogP contribution in [0.1, 0.15) is 54.8 Å². The van der Waals surface area contributed by atoms with Crippen molar-refractivity contribution in [2.24, 2.45) is 0 Å². The fourth-order valence-electron chi connectivity index (χ4n) is 4.53. The lowest BCUT2D eigenvalue weighted by Gasteiger charge is -2.37. The minimum Gasteiger partial charge on any atom is -0.394 e. The van der Waals surface area contributed by atoms with Crippen LogP contribution in [0.25, 0.3) is 17.2 Å². The fraction of sp³-hybridized carbons (Fsp3) is 0.393. The molecule has 1 heterocycles. The molecule has 3 aromatic rings. The van der Waals surface area contributed by atoms with Crippen LogP contribution in [0.15, 0.2) is 67.0 Å². The van der Waals surface area contributed by atoms with Gasteiger partial charge in [-0.05, 0) is 47.9 Å². The highest BCUT2D eigenvalue weighted by atomic mass is 19.3. The molecule has 4 rings (SSSR count). The van der Waals surface area contributed by atoms with Crippen molar-refractivity contribution in [2.45, 2.75) is 49.8 Å². The molecule has 0 amide bonds. The van der Waals surface area contributed by atoms with Gasteiger partial charge in [0.1, 0.15) is 18.5 Å². The van der Waals surface area contributed by atoms with Gasteiger partial charge < -0.3 is 25.2 Å². The van der Waals surface area contributed by atoms with E-state index in [0.29, 0.717) is 11.7 Å². The van der Waals surface area contributed by atoms with Crippen LogP contribution in [0.2, 0.25) is 0 Å². The molecule has 1 fully saturated rings. The molecule has 2 unspecified atom stereocenters. The Labute approximate surface area is 209 Å². The molecular formula is C28H33F2N3O3. The third kappa shape index (κ3) is 6.25. The van der Waals surface area contributed by atoms with Crippen LogP contribution in [0.5, 0.6) is 0 Å². The van der Waals surface area contributed by atoms with Crippen molar-refractivity contribution in [1.29, 1.82) is 0 Å². The second kappa shape index (κ2) is 11.4. The largest absolute Gasteiger partial charge is 0.394 e. The summed E-state index contributed by atoms with van der Waals surface area (Å²) in [5.74, 6) is -2.20. The molecule has 192 valence electrons. The van der Waals surface area contributed by atoms with Crippen molar-refractivity contribution in [3.8, 4) is 11.1 Å². The number of imidazole rings is 1. The number of hydrogen-bond acceptors (Lipinski definition) is 5. The van der Waals surface area contributed by atoms with Crippen molar-refractivity contribution in [1.82, 2.24) is 14.9 Å². The lowest BCUT2D eigenvalue weighted by Crippen LogP contribution is -2.46. The van der Waals surface area contributed by atoms with Gasteiger partial charge >= 0.3 is 0 Å². The monoisotopic (exact) mass is 497 g/mol. The van der Waals surface area contributed by atoms with E-state index in [-0.39, 0.29) is 18.7 Å². The number of benzene rings is 2. The van der Waals surface area contributed by atoms with E-state index in [1.165, 1.54) is 5.56 Å². The van der Waals surface area contributed by atoms with Crippen molar-refractivity contribution in [2.75, 3.05) is 19.8 Å². The Morgan fingerprint density at radius 3 is 2.31 bits per heavy atom. The molecule has 2 atom stereocenters. The zero-order valence-corrected chi connectivity index (χ0v) is 20.3. The summed E-state index contributed by atoms with van der Waals surface area (Å²) in [5, 5.41) is 31.2. The molecule has 1 saturated carbocycles. The minimum absolute atomic E-state index is 0.0607. The Kier molecular flexibility index (Phi) is 8.31. The second-order valence-corrected chi connectivity index (χ2v) is 9.48. The smallest absolute Gasteiger partial charge is 0.282 e. The topological polar surface area (TPSA) is 90.5 Å². The van der Waals surface area contributed by atoms with E-state index in [9.17, 15) is 19.0 Å². The van der Waals surface area contributed by atoms with Crippen LogP contribution in [0, 0.1) is 0 Å². The summed E-state index contributed by atoms with van der Waals surface area (Å²) in [7, 11) is 0. The van der Waals surface area contributed by atoms with Gasteiger partial charge in [0.15, 0.2) is 0 Å². The molecule has 8 heteroatoms. The number of rotatable bonds is 11. The van der Waals surface area contributed by atoms with Gasteiger partial charge in [0.05, 0.1) is 19.2 Å². The van der Waals surface area contributed by atoms with Crippen molar-refractivity contribution >= 4 is 6.08 Å². The first-order valence-electron chi connectivity index (χ1n) is 12.2. The Hall–Kier alpha value is -2.91. The Balaban J connectivity index is 1.33. The molecule has 1 aromatic heterocycles. The van der Waals surface area contributed by atoms with Crippen LogP contribution in [0.3, 0.4) is 0 Å². The second-order valence-electron chi connectivity index (χ2n) is 9.48. The Bertz CT molecular complexity index is 1140. The number of alkyl halides is 2. The summed E-state index contributed by atoms with van der Waals surface area (Å²) in [5.41, 5.74) is 4.38. The van der Waals surface area contributed by atoms with Gasteiger partial charge in [-0.15, -0.1) is 0 Å². The van der Waals surface area contributed by atoms with Gasteiger partial charge in [-0.3, -0.25) is 0 Å². The molecular weight excluding hydrogens is 464 g/mol. The van der Waals surface area contributed by atoms with Crippen LogP contribution in [0.4, 0.5) is 8.78 Å². The zero-order valence-electron chi connectivity index (χ0n) is 20.3. The molecule has 0 bridgehead atoms. The van der Waals surface area contributed by atoms with E-state index in [2.05, 4.69) is 34.6 Å². The third-order valence-corrected chi connectivity index (χ3v) is 6.77. The molecule has 0 spiro atoms. The molecule has 1 aliphatic rings. The maximum Gasteiger partial charge on any atom is 0.282 e. The van der Waals surface area contributed by atoms with Gasteiger partial charge in [-0.2, -0.15) is 0 Å². The molecule has 6 nitrogen and oxygen atoms in total. The summed E-state index contributed by atoms with van der Waals surface area (Å²) >= 11 is 0. The van der Waals surface area contributed by atoms with Gasteiger partial charge in [0.2, 0.25) is 0 Å². The minimum atomic E-state index is -3.07. The highest BCUT2D eigenvalue weighted by molar-refractivity contribution is 5.66. The summed E-state index contributed by atoms with van der Waals surface area (Å²) in [6, 6.07) is 16.2. The van der Waals surface area contributed by atoms with Crippen LogP contribution in [-0.2, 0) is 0 Å². The van der Waals surface area contributed by atoms with Gasteiger partial charge in [0, 0.05) is 18.4 Å². The standard InChI is InChI=1S/C28H33F2N3O3/c1-19(36)27-31-12-13-33(27)26(16-34)11-4-20-2-5-21(6-3-20)22-7-9-23(10-8-22)24-14-25(15-24)32-17-28(29,30)18-35/h2-13,19,24-26,32,34-36H,14-18H2,1H3/b11-4+. The number of hydrogen-bond donors (Lipinski definition) is 4. The number of aliphatic hydroxyl groups is 3.